The molecular formula is C22H21N5O3. The number of aromatic nitrogens is 4. The van der Waals surface area contributed by atoms with Gasteiger partial charge in [0.25, 0.3) is 0 Å². The van der Waals surface area contributed by atoms with Gasteiger partial charge in [0.2, 0.25) is 23.4 Å². The Morgan fingerprint density at radius 3 is 2.80 bits per heavy atom. The number of likely N-dealkylation sites (tertiary alicyclic amines) is 1. The fourth-order valence-corrected chi connectivity index (χ4v) is 3.84. The lowest BCUT2D eigenvalue weighted by Crippen LogP contribution is -2.29. The third-order valence-corrected chi connectivity index (χ3v) is 5.71. The summed E-state index contributed by atoms with van der Waals surface area (Å²) in [7, 11) is 0. The van der Waals surface area contributed by atoms with Gasteiger partial charge >= 0.3 is 0 Å². The first kappa shape index (κ1) is 18.5. The number of amides is 1. The first-order valence-electron chi connectivity index (χ1n) is 9.94. The molecule has 5 rings (SSSR count). The Kier molecular flexibility index (Phi) is 4.54. The Labute approximate surface area is 172 Å². The highest BCUT2D eigenvalue weighted by molar-refractivity contribution is 5.88. The van der Waals surface area contributed by atoms with Gasteiger partial charge in [0.1, 0.15) is 5.58 Å². The summed E-state index contributed by atoms with van der Waals surface area (Å²) in [5.41, 5.74) is 4.11. The van der Waals surface area contributed by atoms with Crippen molar-refractivity contribution in [2.24, 2.45) is 0 Å². The maximum atomic E-state index is 12.9. The molecule has 0 aliphatic carbocycles. The molecule has 152 valence electrons. The molecule has 1 saturated heterocycles. The highest BCUT2D eigenvalue weighted by Crippen LogP contribution is 2.29. The van der Waals surface area contributed by atoms with Crippen LogP contribution in [0.25, 0.3) is 22.6 Å². The van der Waals surface area contributed by atoms with E-state index in [-0.39, 0.29) is 11.8 Å². The molecule has 4 aromatic rings. The maximum Gasteiger partial charge on any atom is 0.240 e. The molecule has 1 aliphatic heterocycles. The van der Waals surface area contributed by atoms with Gasteiger partial charge in [-0.05, 0) is 49.6 Å². The quantitative estimate of drug-likeness (QED) is 0.515. The molecule has 0 bridgehead atoms. The number of carbonyl (C=O) groups excluding carboxylic acids is 1. The second-order valence-electron chi connectivity index (χ2n) is 7.72. The summed E-state index contributed by atoms with van der Waals surface area (Å²) >= 11 is 0. The zero-order valence-electron chi connectivity index (χ0n) is 16.8. The molecule has 1 fully saturated rings. The molecule has 1 amide bonds. The average molecular weight is 403 g/mol. The summed E-state index contributed by atoms with van der Waals surface area (Å²) in [4.78, 5) is 27.5. The topological polar surface area (TPSA) is 98.2 Å². The molecule has 4 heterocycles. The number of hydrogen-bond donors (Lipinski definition) is 0. The van der Waals surface area contributed by atoms with Crippen LogP contribution in [0.2, 0.25) is 0 Å². The number of benzene rings is 1. The van der Waals surface area contributed by atoms with Crippen molar-refractivity contribution in [3.8, 4) is 11.6 Å². The van der Waals surface area contributed by atoms with E-state index < -0.39 is 0 Å². The summed E-state index contributed by atoms with van der Waals surface area (Å²) in [5.74, 6) is 1.41. The van der Waals surface area contributed by atoms with Crippen LogP contribution < -0.4 is 0 Å². The Balaban J connectivity index is 1.28. The molecule has 0 saturated carbocycles. The van der Waals surface area contributed by atoms with Gasteiger partial charge in [-0.1, -0.05) is 5.16 Å². The van der Waals surface area contributed by atoms with E-state index in [1.54, 1.807) is 24.7 Å². The molecule has 1 aliphatic rings. The van der Waals surface area contributed by atoms with Gasteiger partial charge in [-0.3, -0.25) is 4.79 Å². The van der Waals surface area contributed by atoms with Gasteiger partial charge in [-0.15, -0.1) is 0 Å². The molecule has 0 spiro atoms. The highest BCUT2D eigenvalue weighted by Gasteiger charge is 2.31. The first-order valence-corrected chi connectivity index (χ1v) is 9.94. The summed E-state index contributed by atoms with van der Waals surface area (Å²) in [6, 6.07) is 5.85. The van der Waals surface area contributed by atoms with Crippen LogP contribution in [0.3, 0.4) is 0 Å². The van der Waals surface area contributed by atoms with Crippen LogP contribution in [0, 0.1) is 13.8 Å². The average Bonchev–Trinajstić information content (AvgIpc) is 3.49. The third-order valence-electron chi connectivity index (χ3n) is 5.71. The second kappa shape index (κ2) is 7.37. The van der Waals surface area contributed by atoms with Gasteiger partial charge in [-0.2, -0.15) is 4.98 Å². The number of furan rings is 1. The fraction of sp³-hybridized carbons (Fsp3) is 0.318. The van der Waals surface area contributed by atoms with E-state index in [9.17, 15) is 4.79 Å². The zero-order chi connectivity index (χ0) is 20.7. The van der Waals surface area contributed by atoms with Crippen molar-refractivity contribution >= 4 is 16.9 Å². The van der Waals surface area contributed by atoms with E-state index in [2.05, 4.69) is 40.0 Å². The standard InChI is InChI=1S/C22H21N5O3/c1-13-8-17-16(12-29-18(17)9-14(13)2)10-19(28)27-7-4-15(11-27)22-25-21(26-30-22)20-23-5-3-6-24-20/h3,5-6,8-9,12,15H,4,7,10-11H2,1-2H3/t15-/m0/s1. The summed E-state index contributed by atoms with van der Waals surface area (Å²) in [6.07, 6.45) is 6.06. The van der Waals surface area contributed by atoms with E-state index in [1.165, 1.54) is 11.1 Å². The molecule has 1 atom stereocenters. The molecule has 0 N–H and O–H groups in total. The van der Waals surface area contributed by atoms with Gasteiger partial charge in [0.05, 0.1) is 18.6 Å². The number of hydrogen-bond acceptors (Lipinski definition) is 7. The molecule has 0 unspecified atom stereocenters. The van der Waals surface area contributed by atoms with Crippen LogP contribution in [0.15, 0.2) is 45.8 Å². The lowest BCUT2D eigenvalue weighted by molar-refractivity contribution is -0.129. The van der Waals surface area contributed by atoms with Crippen molar-refractivity contribution in [3.63, 3.8) is 0 Å². The van der Waals surface area contributed by atoms with E-state index in [1.807, 2.05) is 11.0 Å². The Morgan fingerprint density at radius 2 is 1.97 bits per heavy atom. The Bertz CT molecular complexity index is 1210. The summed E-state index contributed by atoms with van der Waals surface area (Å²) in [6.45, 7) is 5.35. The van der Waals surface area contributed by atoms with Crippen LogP contribution >= 0.6 is 0 Å². The van der Waals surface area contributed by atoms with E-state index in [0.717, 1.165) is 23.0 Å². The Morgan fingerprint density at radius 1 is 1.17 bits per heavy atom. The third kappa shape index (κ3) is 3.34. The van der Waals surface area contributed by atoms with E-state index >= 15 is 0 Å². The van der Waals surface area contributed by atoms with Gasteiger partial charge in [-0.25, -0.2) is 9.97 Å². The molecule has 1 aromatic carbocycles. The minimum Gasteiger partial charge on any atom is -0.464 e. The highest BCUT2D eigenvalue weighted by atomic mass is 16.5. The lowest BCUT2D eigenvalue weighted by Gasteiger charge is -2.15. The number of carbonyl (C=O) groups is 1. The molecule has 8 nitrogen and oxygen atoms in total. The van der Waals surface area contributed by atoms with Crippen molar-refractivity contribution in [1.82, 2.24) is 25.0 Å². The van der Waals surface area contributed by atoms with E-state index in [0.29, 0.717) is 37.0 Å². The number of fused-ring (bicyclic) bond motifs is 1. The molecule has 30 heavy (non-hydrogen) atoms. The van der Waals surface area contributed by atoms with Crippen LogP contribution in [0.1, 0.15) is 34.9 Å². The minimum atomic E-state index is 0.0184. The summed E-state index contributed by atoms with van der Waals surface area (Å²) < 4.78 is 11.1. The Hall–Kier alpha value is -3.55. The molecule has 8 heteroatoms. The van der Waals surface area contributed by atoms with Crippen LogP contribution in [-0.4, -0.2) is 44.0 Å². The van der Waals surface area contributed by atoms with E-state index in [4.69, 9.17) is 8.94 Å². The van der Waals surface area contributed by atoms with Crippen LogP contribution in [0.5, 0.6) is 0 Å². The van der Waals surface area contributed by atoms with Crippen LogP contribution in [-0.2, 0) is 11.2 Å². The lowest BCUT2D eigenvalue weighted by atomic mass is 10.0. The van der Waals surface area contributed by atoms with Gasteiger partial charge in [0, 0.05) is 36.4 Å². The van der Waals surface area contributed by atoms with Crippen molar-refractivity contribution in [3.05, 3.63) is 59.4 Å². The largest absolute Gasteiger partial charge is 0.464 e. The monoisotopic (exact) mass is 403 g/mol. The van der Waals surface area contributed by atoms with Crippen molar-refractivity contribution in [2.75, 3.05) is 13.1 Å². The van der Waals surface area contributed by atoms with Gasteiger partial charge < -0.3 is 13.8 Å². The number of rotatable bonds is 4. The smallest absolute Gasteiger partial charge is 0.240 e. The predicted molar refractivity (Wildman–Crippen MR) is 109 cm³/mol. The number of nitrogens with zero attached hydrogens (tertiary/aromatic N) is 5. The van der Waals surface area contributed by atoms with Crippen molar-refractivity contribution < 1.29 is 13.7 Å². The first-order chi connectivity index (χ1) is 14.6. The minimum absolute atomic E-state index is 0.0184. The fourth-order valence-electron chi connectivity index (χ4n) is 3.84. The molecule has 3 aromatic heterocycles. The molecular weight excluding hydrogens is 382 g/mol. The second-order valence-corrected chi connectivity index (χ2v) is 7.72. The SMILES string of the molecule is Cc1cc2occ(CC(=O)N3CC[C@H](c4nc(-c5ncccn5)no4)C3)c2cc1C. The molecule has 0 radical (unpaired) electrons. The van der Waals surface area contributed by atoms with Crippen molar-refractivity contribution in [2.45, 2.75) is 32.6 Å². The predicted octanol–water partition coefficient (Wildman–Crippen LogP) is 3.45. The maximum absolute atomic E-state index is 12.9. The van der Waals surface area contributed by atoms with Gasteiger partial charge in [0.15, 0.2) is 0 Å². The number of aryl methyl sites for hydroxylation is 2. The van der Waals surface area contributed by atoms with Crippen molar-refractivity contribution in [1.29, 1.82) is 0 Å². The van der Waals surface area contributed by atoms with Crippen LogP contribution in [0.4, 0.5) is 0 Å². The summed E-state index contributed by atoms with van der Waals surface area (Å²) in [5, 5.41) is 4.99. The normalized spacial score (nSPS) is 16.5. The zero-order valence-corrected chi connectivity index (χ0v) is 16.8.